The van der Waals surface area contributed by atoms with Crippen molar-refractivity contribution in [3.05, 3.63) is 53.0 Å². The molecule has 1 aromatic heterocycles. The third kappa shape index (κ3) is 3.65. The second kappa shape index (κ2) is 6.75. The number of fused-ring (bicyclic) bond motifs is 1. The molecular formula is C17H13F2NO2S. The van der Waals surface area contributed by atoms with E-state index in [-0.39, 0.29) is 11.5 Å². The fourth-order valence-electron chi connectivity index (χ4n) is 2.11. The van der Waals surface area contributed by atoms with Crippen molar-refractivity contribution in [1.29, 1.82) is 0 Å². The molecule has 3 aromatic rings. The van der Waals surface area contributed by atoms with Crippen LogP contribution in [0.4, 0.5) is 8.78 Å². The van der Waals surface area contributed by atoms with Gasteiger partial charge in [0.1, 0.15) is 5.01 Å². The Morgan fingerprint density at radius 1 is 1.09 bits per heavy atom. The summed E-state index contributed by atoms with van der Waals surface area (Å²) in [6.45, 7) is -2.90. The van der Waals surface area contributed by atoms with Crippen molar-refractivity contribution in [3.63, 3.8) is 0 Å². The summed E-state index contributed by atoms with van der Waals surface area (Å²) < 4.78 is 35.5. The summed E-state index contributed by atoms with van der Waals surface area (Å²) in [4.78, 5) is 4.49. The molecule has 0 saturated carbocycles. The van der Waals surface area contributed by atoms with Gasteiger partial charge < -0.3 is 9.47 Å². The van der Waals surface area contributed by atoms with Crippen LogP contribution in [0, 0.1) is 0 Å². The first-order valence-electron chi connectivity index (χ1n) is 6.82. The van der Waals surface area contributed by atoms with Crippen molar-refractivity contribution in [2.24, 2.45) is 0 Å². The predicted octanol–water partition coefficient (Wildman–Crippen LogP) is 5.08. The molecule has 0 N–H and O–H groups in total. The maximum atomic E-state index is 12.4. The largest absolute Gasteiger partial charge is 0.493 e. The van der Waals surface area contributed by atoms with E-state index in [0.717, 1.165) is 20.8 Å². The zero-order valence-electron chi connectivity index (χ0n) is 12.2. The van der Waals surface area contributed by atoms with Gasteiger partial charge in [0, 0.05) is 0 Å². The van der Waals surface area contributed by atoms with E-state index < -0.39 is 6.61 Å². The van der Waals surface area contributed by atoms with Gasteiger partial charge in [-0.2, -0.15) is 8.78 Å². The first kappa shape index (κ1) is 15.4. The van der Waals surface area contributed by atoms with Crippen LogP contribution in [0.2, 0.25) is 0 Å². The average Bonchev–Trinajstić information content (AvgIpc) is 2.95. The number of benzene rings is 2. The van der Waals surface area contributed by atoms with Gasteiger partial charge in [-0.05, 0) is 35.9 Å². The predicted molar refractivity (Wildman–Crippen MR) is 88.2 cm³/mol. The van der Waals surface area contributed by atoms with Crippen molar-refractivity contribution >= 4 is 33.7 Å². The Labute approximate surface area is 135 Å². The molecule has 0 saturated heterocycles. The van der Waals surface area contributed by atoms with Crippen LogP contribution in [0.15, 0.2) is 42.5 Å². The lowest BCUT2D eigenvalue weighted by molar-refractivity contribution is -0.0512. The van der Waals surface area contributed by atoms with E-state index >= 15 is 0 Å². The Morgan fingerprint density at radius 2 is 1.91 bits per heavy atom. The van der Waals surface area contributed by atoms with Gasteiger partial charge in [-0.1, -0.05) is 24.3 Å². The summed E-state index contributed by atoms with van der Waals surface area (Å²) in [5.41, 5.74) is 1.66. The van der Waals surface area contributed by atoms with E-state index in [9.17, 15) is 8.78 Å². The Hall–Kier alpha value is -2.47. The number of hydrogen-bond acceptors (Lipinski definition) is 4. The standard InChI is InChI=1S/C17H13F2NO2S/c1-21-13-8-6-11(10-14(13)22-17(18)19)7-9-16-20-12-4-2-3-5-15(12)23-16/h2-10,17H,1H3/b9-7-. The van der Waals surface area contributed by atoms with Crippen LogP contribution >= 0.6 is 11.3 Å². The van der Waals surface area contributed by atoms with Gasteiger partial charge >= 0.3 is 6.61 Å². The number of rotatable bonds is 5. The number of ether oxygens (including phenoxy) is 2. The zero-order valence-corrected chi connectivity index (χ0v) is 13.0. The van der Waals surface area contributed by atoms with E-state index in [1.165, 1.54) is 13.2 Å². The number of aromatic nitrogens is 1. The van der Waals surface area contributed by atoms with Gasteiger partial charge in [-0.15, -0.1) is 11.3 Å². The van der Waals surface area contributed by atoms with Gasteiger partial charge in [0.05, 0.1) is 17.3 Å². The molecule has 0 aliphatic rings. The van der Waals surface area contributed by atoms with Crippen molar-refractivity contribution in [2.75, 3.05) is 7.11 Å². The lowest BCUT2D eigenvalue weighted by Gasteiger charge is -2.10. The molecule has 0 spiro atoms. The Morgan fingerprint density at radius 3 is 2.65 bits per heavy atom. The molecule has 3 rings (SSSR count). The van der Waals surface area contributed by atoms with Gasteiger partial charge in [0.15, 0.2) is 11.5 Å². The number of nitrogens with zero attached hydrogens (tertiary/aromatic N) is 1. The maximum absolute atomic E-state index is 12.4. The van der Waals surface area contributed by atoms with Crippen LogP contribution in [0.25, 0.3) is 22.4 Å². The molecule has 0 bridgehead atoms. The quantitative estimate of drug-likeness (QED) is 0.653. The van der Waals surface area contributed by atoms with Crippen LogP contribution in [0.5, 0.6) is 11.5 Å². The van der Waals surface area contributed by atoms with Crippen LogP contribution < -0.4 is 9.47 Å². The van der Waals surface area contributed by atoms with Crippen LogP contribution in [-0.4, -0.2) is 18.7 Å². The van der Waals surface area contributed by atoms with Crippen molar-refractivity contribution in [1.82, 2.24) is 4.98 Å². The Kier molecular flexibility index (Phi) is 4.52. The topological polar surface area (TPSA) is 31.4 Å². The number of halogens is 2. The summed E-state index contributed by atoms with van der Waals surface area (Å²) in [6.07, 6.45) is 3.65. The molecule has 0 fully saturated rings. The maximum Gasteiger partial charge on any atom is 0.387 e. The fourth-order valence-corrected chi connectivity index (χ4v) is 2.98. The zero-order chi connectivity index (χ0) is 16.2. The second-order valence-electron chi connectivity index (χ2n) is 4.64. The SMILES string of the molecule is COc1ccc(/C=C\c2nc3ccccc3s2)cc1OC(F)F. The summed E-state index contributed by atoms with van der Waals surface area (Å²) in [6, 6.07) is 12.7. The molecule has 23 heavy (non-hydrogen) atoms. The molecular weight excluding hydrogens is 320 g/mol. The van der Waals surface area contributed by atoms with Crippen LogP contribution in [0.3, 0.4) is 0 Å². The average molecular weight is 333 g/mol. The number of methoxy groups -OCH3 is 1. The number of hydrogen-bond donors (Lipinski definition) is 0. The summed E-state index contributed by atoms with van der Waals surface area (Å²) >= 11 is 1.57. The van der Waals surface area contributed by atoms with E-state index in [2.05, 4.69) is 9.72 Å². The molecule has 1 heterocycles. The minimum absolute atomic E-state index is 0.00829. The normalized spacial score (nSPS) is 11.5. The first-order valence-corrected chi connectivity index (χ1v) is 7.64. The second-order valence-corrected chi connectivity index (χ2v) is 5.70. The number of para-hydroxylation sites is 1. The minimum atomic E-state index is -2.90. The van der Waals surface area contributed by atoms with E-state index in [0.29, 0.717) is 0 Å². The van der Waals surface area contributed by atoms with Gasteiger partial charge in [-0.25, -0.2) is 4.98 Å². The molecule has 3 nitrogen and oxygen atoms in total. The van der Waals surface area contributed by atoms with Gasteiger partial charge in [0.25, 0.3) is 0 Å². The van der Waals surface area contributed by atoms with Crippen molar-refractivity contribution < 1.29 is 18.3 Å². The first-order chi connectivity index (χ1) is 11.2. The highest BCUT2D eigenvalue weighted by Crippen LogP contribution is 2.30. The van der Waals surface area contributed by atoms with Gasteiger partial charge in [-0.3, -0.25) is 0 Å². The fraction of sp³-hybridized carbons (Fsp3) is 0.118. The van der Waals surface area contributed by atoms with Crippen LogP contribution in [-0.2, 0) is 0 Å². The Balaban J connectivity index is 1.86. The highest BCUT2D eigenvalue weighted by atomic mass is 32.1. The lowest BCUT2D eigenvalue weighted by Crippen LogP contribution is -2.03. The molecule has 0 atom stereocenters. The molecule has 0 aliphatic heterocycles. The summed E-state index contributed by atoms with van der Waals surface area (Å²) in [5.74, 6) is 0.274. The van der Waals surface area contributed by atoms with Crippen LogP contribution in [0.1, 0.15) is 10.6 Å². The molecule has 6 heteroatoms. The molecule has 0 aliphatic carbocycles. The number of thiazole rings is 1. The van der Waals surface area contributed by atoms with E-state index in [1.54, 1.807) is 29.5 Å². The van der Waals surface area contributed by atoms with E-state index in [1.807, 2.05) is 30.3 Å². The van der Waals surface area contributed by atoms with Crippen molar-refractivity contribution in [2.45, 2.75) is 6.61 Å². The third-order valence-electron chi connectivity index (χ3n) is 3.13. The summed E-state index contributed by atoms with van der Waals surface area (Å²) in [7, 11) is 1.41. The molecule has 0 radical (unpaired) electrons. The van der Waals surface area contributed by atoms with Crippen molar-refractivity contribution in [3.8, 4) is 11.5 Å². The third-order valence-corrected chi connectivity index (χ3v) is 4.13. The van der Waals surface area contributed by atoms with Gasteiger partial charge in [0.2, 0.25) is 0 Å². The minimum Gasteiger partial charge on any atom is -0.493 e. The summed E-state index contributed by atoms with van der Waals surface area (Å²) in [5, 5.41) is 0.846. The molecule has 0 unspecified atom stereocenters. The Bertz CT molecular complexity index is 812. The monoisotopic (exact) mass is 333 g/mol. The molecule has 0 amide bonds. The number of alkyl halides is 2. The molecule has 118 valence electrons. The lowest BCUT2D eigenvalue weighted by atomic mass is 10.2. The van der Waals surface area contributed by atoms with E-state index in [4.69, 9.17) is 4.74 Å². The highest BCUT2D eigenvalue weighted by Gasteiger charge is 2.10. The molecule has 2 aromatic carbocycles. The highest BCUT2D eigenvalue weighted by molar-refractivity contribution is 7.19. The smallest absolute Gasteiger partial charge is 0.387 e.